The first-order valence-corrected chi connectivity index (χ1v) is 7.90. The van der Waals surface area contributed by atoms with Gasteiger partial charge in [0.2, 0.25) is 0 Å². The van der Waals surface area contributed by atoms with E-state index in [4.69, 9.17) is 9.47 Å². The highest BCUT2D eigenvalue weighted by molar-refractivity contribution is 6.16. The number of phenolic OH excluding ortho intramolecular Hbond substituents is 1. The molecule has 0 saturated carbocycles. The number of aromatic hydroxyl groups is 1. The molecule has 0 aliphatic heterocycles. The number of ketones is 1. The van der Waals surface area contributed by atoms with E-state index in [9.17, 15) is 9.90 Å². The van der Waals surface area contributed by atoms with Gasteiger partial charge in [-0.15, -0.1) is 0 Å². The van der Waals surface area contributed by atoms with Crippen molar-refractivity contribution in [2.75, 3.05) is 7.11 Å². The van der Waals surface area contributed by atoms with Gasteiger partial charge in [0.25, 0.3) is 0 Å². The number of ether oxygens (including phenoxy) is 2. The molecule has 0 heterocycles. The molecule has 2 aromatic rings. The average Bonchev–Trinajstić information content (AvgIpc) is 2.86. The van der Waals surface area contributed by atoms with Crippen LogP contribution in [0.25, 0.3) is 6.08 Å². The monoisotopic (exact) mass is 324 g/mol. The minimum Gasteiger partial charge on any atom is -0.504 e. The standard InChI is InChI=1S/C20H20O4/c1-12(2)24-18-6-4-5-15-16(18)11-14(20(15)22)9-13-7-8-17(21)19(10-13)23-3/h4-10,12,21H,11H2,1-3H3/b14-9+. The Morgan fingerprint density at radius 1 is 1.17 bits per heavy atom. The molecule has 4 nitrogen and oxygen atoms in total. The first-order valence-electron chi connectivity index (χ1n) is 7.90. The van der Waals surface area contributed by atoms with Crippen molar-refractivity contribution in [3.63, 3.8) is 0 Å². The molecule has 4 heteroatoms. The fourth-order valence-corrected chi connectivity index (χ4v) is 2.87. The molecule has 0 radical (unpaired) electrons. The Hall–Kier alpha value is -2.75. The summed E-state index contributed by atoms with van der Waals surface area (Å²) in [6.45, 7) is 3.94. The van der Waals surface area contributed by atoms with E-state index >= 15 is 0 Å². The van der Waals surface area contributed by atoms with Crippen LogP contribution in [-0.2, 0) is 6.42 Å². The van der Waals surface area contributed by atoms with Crippen LogP contribution in [0.15, 0.2) is 42.0 Å². The fourth-order valence-electron chi connectivity index (χ4n) is 2.87. The Labute approximate surface area is 141 Å². The van der Waals surface area contributed by atoms with E-state index in [1.165, 1.54) is 7.11 Å². The lowest BCUT2D eigenvalue weighted by molar-refractivity contribution is 0.104. The summed E-state index contributed by atoms with van der Waals surface area (Å²) in [6, 6.07) is 10.6. The maximum Gasteiger partial charge on any atom is 0.189 e. The number of fused-ring (bicyclic) bond motifs is 1. The van der Waals surface area contributed by atoms with Crippen LogP contribution in [0.3, 0.4) is 0 Å². The Bertz CT molecular complexity index is 818. The quantitative estimate of drug-likeness (QED) is 0.863. The molecule has 1 aliphatic carbocycles. The second-order valence-electron chi connectivity index (χ2n) is 6.06. The van der Waals surface area contributed by atoms with Crippen LogP contribution in [0.2, 0.25) is 0 Å². The zero-order valence-corrected chi connectivity index (χ0v) is 14.0. The lowest BCUT2D eigenvalue weighted by Gasteiger charge is -2.12. The third kappa shape index (κ3) is 3.00. The number of hydrogen-bond acceptors (Lipinski definition) is 4. The fraction of sp³-hybridized carbons (Fsp3) is 0.250. The third-order valence-electron chi connectivity index (χ3n) is 3.94. The summed E-state index contributed by atoms with van der Waals surface area (Å²) in [6.07, 6.45) is 2.44. The zero-order valence-electron chi connectivity index (χ0n) is 14.0. The molecule has 0 saturated heterocycles. The van der Waals surface area contributed by atoms with Gasteiger partial charge in [-0.05, 0) is 43.7 Å². The van der Waals surface area contributed by atoms with E-state index in [0.29, 0.717) is 23.3 Å². The normalized spacial score (nSPS) is 15.0. The molecular formula is C20H20O4. The summed E-state index contributed by atoms with van der Waals surface area (Å²) in [7, 11) is 1.50. The predicted molar refractivity (Wildman–Crippen MR) is 92.9 cm³/mol. The van der Waals surface area contributed by atoms with E-state index in [1.807, 2.05) is 38.1 Å². The van der Waals surface area contributed by atoms with Crippen molar-refractivity contribution in [2.24, 2.45) is 0 Å². The van der Waals surface area contributed by atoms with E-state index in [2.05, 4.69) is 0 Å². The van der Waals surface area contributed by atoms with Gasteiger partial charge in [0, 0.05) is 23.1 Å². The highest BCUT2D eigenvalue weighted by Crippen LogP contribution is 2.35. The maximum atomic E-state index is 12.7. The van der Waals surface area contributed by atoms with Gasteiger partial charge in [-0.2, -0.15) is 0 Å². The Kier molecular flexibility index (Phi) is 4.30. The van der Waals surface area contributed by atoms with Gasteiger partial charge in [0.05, 0.1) is 13.2 Å². The highest BCUT2D eigenvalue weighted by atomic mass is 16.5. The maximum absolute atomic E-state index is 12.7. The zero-order chi connectivity index (χ0) is 17.3. The molecule has 1 N–H and O–H groups in total. The van der Waals surface area contributed by atoms with Crippen LogP contribution in [0.1, 0.15) is 35.3 Å². The first-order chi connectivity index (χ1) is 11.5. The van der Waals surface area contributed by atoms with Crippen molar-refractivity contribution in [1.82, 2.24) is 0 Å². The Balaban J connectivity index is 1.96. The average molecular weight is 324 g/mol. The smallest absolute Gasteiger partial charge is 0.189 e. The molecule has 0 bridgehead atoms. The number of benzene rings is 2. The van der Waals surface area contributed by atoms with Gasteiger partial charge in [0.15, 0.2) is 17.3 Å². The SMILES string of the molecule is COc1cc(/C=C2\Cc3c(OC(C)C)cccc3C2=O)ccc1O. The molecule has 1 aliphatic rings. The third-order valence-corrected chi connectivity index (χ3v) is 3.94. The molecule has 0 unspecified atom stereocenters. The van der Waals surface area contributed by atoms with Gasteiger partial charge in [0.1, 0.15) is 5.75 Å². The van der Waals surface area contributed by atoms with Crippen LogP contribution in [0.5, 0.6) is 17.2 Å². The number of carbonyl (C=O) groups is 1. The Morgan fingerprint density at radius 2 is 1.96 bits per heavy atom. The first kappa shape index (κ1) is 16.1. The highest BCUT2D eigenvalue weighted by Gasteiger charge is 2.27. The van der Waals surface area contributed by atoms with Crippen molar-refractivity contribution in [3.05, 3.63) is 58.7 Å². The molecule has 124 valence electrons. The van der Waals surface area contributed by atoms with Gasteiger partial charge in [-0.3, -0.25) is 4.79 Å². The summed E-state index contributed by atoms with van der Waals surface area (Å²) < 4.78 is 10.9. The Morgan fingerprint density at radius 3 is 2.67 bits per heavy atom. The van der Waals surface area contributed by atoms with Crippen LogP contribution >= 0.6 is 0 Å². The van der Waals surface area contributed by atoms with Gasteiger partial charge in [-0.25, -0.2) is 0 Å². The summed E-state index contributed by atoms with van der Waals surface area (Å²) in [4.78, 5) is 12.7. The number of rotatable bonds is 4. The van der Waals surface area contributed by atoms with E-state index < -0.39 is 0 Å². The summed E-state index contributed by atoms with van der Waals surface area (Å²) >= 11 is 0. The van der Waals surface area contributed by atoms with Gasteiger partial charge >= 0.3 is 0 Å². The van der Waals surface area contributed by atoms with Gasteiger partial charge in [-0.1, -0.05) is 18.2 Å². The van der Waals surface area contributed by atoms with Crippen molar-refractivity contribution in [3.8, 4) is 17.2 Å². The number of allylic oxidation sites excluding steroid dienone is 1. The van der Waals surface area contributed by atoms with Crippen molar-refractivity contribution >= 4 is 11.9 Å². The topological polar surface area (TPSA) is 55.8 Å². The number of carbonyl (C=O) groups excluding carboxylic acids is 1. The van der Waals surface area contributed by atoms with E-state index in [0.717, 1.165) is 16.9 Å². The molecule has 0 amide bonds. The molecule has 2 aromatic carbocycles. The second-order valence-corrected chi connectivity index (χ2v) is 6.06. The van der Waals surface area contributed by atoms with Crippen molar-refractivity contribution < 1.29 is 19.4 Å². The number of hydrogen-bond donors (Lipinski definition) is 1. The molecule has 3 rings (SSSR count). The largest absolute Gasteiger partial charge is 0.504 e. The molecule has 0 atom stereocenters. The van der Waals surface area contributed by atoms with Crippen LogP contribution in [0.4, 0.5) is 0 Å². The van der Waals surface area contributed by atoms with E-state index in [1.54, 1.807) is 18.2 Å². The molecule has 24 heavy (non-hydrogen) atoms. The minimum absolute atomic E-state index is 0.0197. The molecule has 0 fully saturated rings. The number of methoxy groups -OCH3 is 1. The molecular weight excluding hydrogens is 304 g/mol. The minimum atomic E-state index is 0.0197. The molecule has 0 aromatic heterocycles. The second kappa shape index (κ2) is 6.40. The van der Waals surface area contributed by atoms with Crippen molar-refractivity contribution in [2.45, 2.75) is 26.4 Å². The summed E-state index contributed by atoms with van der Waals surface area (Å²) in [5.74, 6) is 1.25. The lowest BCUT2D eigenvalue weighted by atomic mass is 10.1. The van der Waals surface area contributed by atoms with Crippen LogP contribution in [0, 0.1) is 0 Å². The predicted octanol–water partition coefficient (Wildman–Crippen LogP) is 4.01. The van der Waals surface area contributed by atoms with Crippen LogP contribution in [-0.4, -0.2) is 24.1 Å². The summed E-state index contributed by atoms with van der Waals surface area (Å²) in [5.41, 5.74) is 3.16. The van der Waals surface area contributed by atoms with Crippen LogP contribution < -0.4 is 9.47 Å². The number of phenols is 1. The van der Waals surface area contributed by atoms with E-state index in [-0.39, 0.29) is 17.6 Å². The lowest BCUT2D eigenvalue weighted by Crippen LogP contribution is -2.07. The molecule has 0 spiro atoms. The van der Waals surface area contributed by atoms with Gasteiger partial charge < -0.3 is 14.6 Å². The summed E-state index contributed by atoms with van der Waals surface area (Å²) in [5, 5.41) is 9.68. The van der Waals surface area contributed by atoms with Crippen molar-refractivity contribution in [1.29, 1.82) is 0 Å². The number of Topliss-reactive ketones (excluding diaryl/α,β-unsaturated/α-hetero) is 1.